The summed E-state index contributed by atoms with van der Waals surface area (Å²) >= 11 is 9.32. The minimum absolute atomic E-state index is 0.492. The molecule has 0 spiro atoms. The Bertz CT molecular complexity index is 730. The molecule has 0 amide bonds. The summed E-state index contributed by atoms with van der Waals surface area (Å²) in [6, 6.07) is 14.1. The minimum atomic E-state index is 0.492. The number of hydrogen-bond acceptors (Lipinski definition) is 3. The highest BCUT2D eigenvalue weighted by Crippen LogP contribution is 2.37. The largest absolute Gasteiger partial charge is 0.493 e. The maximum absolute atomic E-state index is 6.00. The van der Waals surface area contributed by atoms with E-state index in [9.17, 15) is 0 Å². The minimum Gasteiger partial charge on any atom is -0.493 e. The summed E-state index contributed by atoms with van der Waals surface area (Å²) in [6.07, 6.45) is 3.70. The summed E-state index contributed by atoms with van der Waals surface area (Å²) in [7, 11) is 1.66. The third-order valence-electron chi connectivity index (χ3n) is 4.35. The summed E-state index contributed by atoms with van der Waals surface area (Å²) in [5.74, 6) is 1.40. The van der Waals surface area contributed by atoms with Crippen LogP contribution in [0.5, 0.6) is 11.5 Å². The highest BCUT2D eigenvalue weighted by Gasteiger charge is 2.19. The number of benzene rings is 2. The number of methoxy groups -OCH3 is 1. The van der Waals surface area contributed by atoms with Gasteiger partial charge < -0.3 is 14.4 Å². The van der Waals surface area contributed by atoms with Crippen molar-refractivity contribution in [2.45, 2.75) is 25.9 Å². The molecule has 0 saturated carbocycles. The first-order chi connectivity index (χ1) is 12.2. The van der Waals surface area contributed by atoms with Crippen LogP contribution in [0.15, 0.2) is 46.9 Å². The van der Waals surface area contributed by atoms with Crippen molar-refractivity contribution < 1.29 is 9.47 Å². The normalized spacial score (nSPS) is 14.2. The van der Waals surface area contributed by atoms with Crippen molar-refractivity contribution in [2.75, 3.05) is 20.2 Å². The molecule has 0 unspecified atom stereocenters. The van der Waals surface area contributed by atoms with Crippen molar-refractivity contribution >= 4 is 33.1 Å². The Morgan fingerprint density at radius 2 is 1.84 bits per heavy atom. The first kappa shape index (κ1) is 18.2. The molecule has 3 nitrogen and oxygen atoms in total. The average molecular weight is 420 g/mol. The molecule has 0 aromatic heterocycles. The molecule has 2 aromatic carbocycles. The highest BCUT2D eigenvalue weighted by molar-refractivity contribution is 9.10. The van der Waals surface area contributed by atoms with E-state index in [1.165, 1.54) is 19.3 Å². The second kappa shape index (κ2) is 8.68. The molecule has 0 N–H and O–H groups in total. The van der Waals surface area contributed by atoms with E-state index < -0.39 is 0 Å². The van der Waals surface area contributed by atoms with Gasteiger partial charge in [0, 0.05) is 18.7 Å². The number of rotatable bonds is 5. The topological polar surface area (TPSA) is 21.7 Å². The van der Waals surface area contributed by atoms with E-state index in [1.54, 1.807) is 7.11 Å². The molecule has 0 bridgehead atoms. The quantitative estimate of drug-likeness (QED) is 0.620. The molecular formula is C20H22BrNO2S. The van der Waals surface area contributed by atoms with Crippen molar-refractivity contribution in [1.82, 2.24) is 4.90 Å². The Hall–Kier alpha value is -1.59. The van der Waals surface area contributed by atoms with Crippen LogP contribution in [0.2, 0.25) is 0 Å². The van der Waals surface area contributed by atoms with Crippen LogP contribution < -0.4 is 9.47 Å². The lowest BCUT2D eigenvalue weighted by atomic mass is 10.1. The third-order valence-corrected chi connectivity index (χ3v) is 5.43. The fourth-order valence-corrected chi connectivity index (χ4v) is 3.85. The second-order valence-corrected chi connectivity index (χ2v) is 7.36. The van der Waals surface area contributed by atoms with E-state index >= 15 is 0 Å². The highest BCUT2D eigenvalue weighted by atomic mass is 79.9. The van der Waals surface area contributed by atoms with Gasteiger partial charge in [-0.3, -0.25) is 0 Å². The fraction of sp³-hybridized carbons (Fsp3) is 0.350. The number of thiocarbonyl (C=S) groups is 1. The zero-order chi connectivity index (χ0) is 17.6. The molecule has 2 aromatic rings. The van der Waals surface area contributed by atoms with E-state index in [4.69, 9.17) is 21.7 Å². The first-order valence-electron chi connectivity index (χ1n) is 8.52. The molecule has 1 fully saturated rings. The molecule has 25 heavy (non-hydrogen) atoms. The molecule has 0 aliphatic carbocycles. The Balaban J connectivity index is 1.79. The van der Waals surface area contributed by atoms with Gasteiger partial charge in [0.2, 0.25) is 0 Å². The molecular weight excluding hydrogens is 398 g/mol. The molecule has 1 heterocycles. The van der Waals surface area contributed by atoms with E-state index in [1.807, 2.05) is 42.5 Å². The standard InChI is InChI=1S/C20H22BrNO2S/c1-23-18-13-16(20(25)22-10-6-3-7-11-22)12-17(21)19(18)24-14-15-8-4-2-5-9-15/h2,4-5,8-9,12-13H,3,6-7,10-11,14H2,1H3. The molecule has 0 radical (unpaired) electrons. The summed E-state index contributed by atoms with van der Waals surface area (Å²) in [5, 5.41) is 0. The van der Waals surface area contributed by atoms with Gasteiger partial charge >= 0.3 is 0 Å². The van der Waals surface area contributed by atoms with Crippen molar-refractivity contribution in [2.24, 2.45) is 0 Å². The molecule has 5 heteroatoms. The van der Waals surface area contributed by atoms with Crippen LogP contribution in [0, 0.1) is 0 Å². The van der Waals surface area contributed by atoms with Crippen molar-refractivity contribution in [1.29, 1.82) is 0 Å². The second-order valence-electron chi connectivity index (χ2n) is 6.12. The zero-order valence-electron chi connectivity index (χ0n) is 14.3. The van der Waals surface area contributed by atoms with E-state index in [2.05, 4.69) is 20.8 Å². The Labute approximate surface area is 163 Å². The van der Waals surface area contributed by atoms with E-state index in [0.29, 0.717) is 18.1 Å². The van der Waals surface area contributed by atoms with Gasteiger partial charge in [0.25, 0.3) is 0 Å². The molecule has 1 aliphatic heterocycles. The Kier molecular flexibility index (Phi) is 6.32. The summed E-state index contributed by atoms with van der Waals surface area (Å²) in [4.78, 5) is 3.16. The molecule has 3 rings (SSSR count). The van der Waals surface area contributed by atoms with Gasteiger partial charge in [-0.25, -0.2) is 0 Å². The number of nitrogens with zero attached hydrogens (tertiary/aromatic N) is 1. The maximum Gasteiger partial charge on any atom is 0.175 e. The molecule has 1 aliphatic rings. The number of piperidine rings is 1. The van der Waals surface area contributed by atoms with Crippen LogP contribution in [-0.2, 0) is 6.61 Å². The number of ether oxygens (including phenoxy) is 2. The SMILES string of the molecule is COc1cc(C(=S)N2CCCCC2)cc(Br)c1OCc1ccccc1. The van der Waals surface area contributed by atoms with Crippen LogP contribution in [0.1, 0.15) is 30.4 Å². The van der Waals surface area contributed by atoms with Gasteiger partial charge in [-0.1, -0.05) is 42.5 Å². The third kappa shape index (κ3) is 4.53. The van der Waals surface area contributed by atoms with Gasteiger partial charge in [0.1, 0.15) is 11.6 Å². The monoisotopic (exact) mass is 419 g/mol. The lowest BCUT2D eigenvalue weighted by Gasteiger charge is -2.29. The van der Waals surface area contributed by atoms with Crippen molar-refractivity contribution in [3.05, 3.63) is 58.1 Å². The number of halogens is 1. The zero-order valence-corrected chi connectivity index (χ0v) is 16.7. The summed E-state index contributed by atoms with van der Waals surface area (Å²) < 4.78 is 12.4. The number of hydrogen-bond donors (Lipinski definition) is 0. The first-order valence-corrected chi connectivity index (χ1v) is 9.72. The van der Waals surface area contributed by atoms with Crippen LogP contribution in [-0.4, -0.2) is 30.1 Å². The van der Waals surface area contributed by atoms with Crippen molar-refractivity contribution in [3.63, 3.8) is 0 Å². The predicted molar refractivity (Wildman–Crippen MR) is 109 cm³/mol. The Morgan fingerprint density at radius 1 is 1.12 bits per heavy atom. The van der Waals surface area contributed by atoms with E-state index in [0.717, 1.165) is 33.7 Å². The van der Waals surface area contributed by atoms with Crippen LogP contribution in [0.25, 0.3) is 0 Å². The van der Waals surface area contributed by atoms with Crippen molar-refractivity contribution in [3.8, 4) is 11.5 Å². The predicted octanol–water partition coefficient (Wildman–Crippen LogP) is 5.20. The van der Waals surface area contributed by atoms with Crippen LogP contribution in [0.3, 0.4) is 0 Å². The Morgan fingerprint density at radius 3 is 2.52 bits per heavy atom. The summed E-state index contributed by atoms with van der Waals surface area (Å²) in [5.41, 5.74) is 2.11. The molecule has 132 valence electrons. The van der Waals surface area contributed by atoms with Crippen LogP contribution >= 0.6 is 28.1 Å². The molecule has 1 saturated heterocycles. The van der Waals surface area contributed by atoms with Gasteiger partial charge in [-0.05, 0) is 52.9 Å². The van der Waals surface area contributed by atoms with Gasteiger partial charge in [-0.2, -0.15) is 0 Å². The fourth-order valence-electron chi connectivity index (χ4n) is 2.99. The summed E-state index contributed by atoms with van der Waals surface area (Å²) in [6.45, 7) is 2.56. The number of likely N-dealkylation sites (tertiary alicyclic amines) is 1. The lowest BCUT2D eigenvalue weighted by molar-refractivity contribution is 0.282. The van der Waals surface area contributed by atoms with Gasteiger partial charge in [0.05, 0.1) is 11.6 Å². The van der Waals surface area contributed by atoms with Crippen LogP contribution in [0.4, 0.5) is 0 Å². The average Bonchev–Trinajstić information content (AvgIpc) is 2.67. The van der Waals surface area contributed by atoms with E-state index in [-0.39, 0.29) is 0 Å². The van der Waals surface area contributed by atoms with Gasteiger partial charge in [0.15, 0.2) is 11.5 Å². The lowest BCUT2D eigenvalue weighted by Crippen LogP contribution is -2.34. The van der Waals surface area contributed by atoms with Gasteiger partial charge in [-0.15, -0.1) is 0 Å². The smallest absolute Gasteiger partial charge is 0.175 e. The maximum atomic E-state index is 6.00. The molecule has 0 atom stereocenters.